The lowest BCUT2D eigenvalue weighted by molar-refractivity contribution is 0.0685. The van der Waals surface area contributed by atoms with Crippen LogP contribution in [-0.2, 0) is 0 Å². The summed E-state index contributed by atoms with van der Waals surface area (Å²) in [6.45, 7) is 5.64. The van der Waals surface area contributed by atoms with Crippen molar-refractivity contribution in [2.24, 2.45) is 5.92 Å². The van der Waals surface area contributed by atoms with Crippen LogP contribution in [0.2, 0.25) is 0 Å². The van der Waals surface area contributed by atoms with E-state index in [9.17, 15) is 9.90 Å². The van der Waals surface area contributed by atoms with Gasteiger partial charge in [-0.05, 0) is 37.3 Å². The summed E-state index contributed by atoms with van der Waals surface area (Å²) in [4.78, 5) is 14.2. The summed E-state index contributed by atoms with van der Waals surface area (Å²) in [5.74, 6) is 0.839. The van der Waals surface area contributed by atoms with E-state index in [1.54, 1.807) is 6.07 Å². The summed E-state index contributed by atoms with van der Waals surface area (Å²) in [6.07, 6.45) is 3.35. The van der Waals surface area contributed by atoms with Gasteiger partial charge in [0.25, 0.3) is 5.91 Å². The number of carbonyl (C=O) groups is 1. The lowest BCUT2D eigenvalue weighted by Gasteiger charge is -2.31. The Bertz CT molecular complexity index is 434. The molecule has 2 rings (SSSR count). The van der Waals surface area contributed by atoms with Crippen LogP contribution in [0.3, 0.4) is 0 Å². The molecule has 0 aromatic heterocycles. The van der Waals surface area contributed by atoms with E-state index in [1.807, 2.05) is 24.0 Å². The Balaban J connectivity index is 2.10. The zero-order valence-electron chi connectivity index (χ0n) is 11.1. The van der Waals surface area contributed by atoms with E-state index < -0.39 is 0 Å². The van der Waals surface area contributed by atoms with Crippen LogP contribution in [-0.4, -0.2) is 29.0 Å². The zero-order valence-corrected chi connectivity index (χ0v) is 11.1. The maximum absolute atomic E-state index is 12.3. The largest absolute Gasteiger partial charge is 0.507 e. The summed E-state index contributed by atoms with van der Waals surface area (Å²) in [6, 6.07) is 5.34. The minimum Gasteiger partial charge on any atom is -0.507 e. The Morgan fingerprint density at radius 2 is 2.06 bits per heavy atom. The van der Waals surface area contributed by atoms with E-state index in [0.717, 1.165) is 37.4 Å². The van der Waals surface area contributed by atoms with Crippen LogP contribution in [0, 0.1) is 12.8 Å². The highest BCUT2D eigenvalue weighted by Gasteiger charge is 2.24. The van der Waals surface area contributed by atoms with Crippen LogP contribution in [0.15, 0.2) is 18.2 Å². The normalized spacial score (nSPS) is 16.9. The zero-order chi connectivity index (χ0) is 13.1. The van der Waals surface area contributed by atoms with Gasteiger partial charge in [0.05, 0.1) is 5.56 Å². The smallest absolute Gasteiger partial charge is 0.257 e. The molecular formula is C15H21NO2. The SMILES string of the molecule is CCC1CCN(C(=O)c2cccc(C)c2O)CC1. The fourth-order valence-corrected chi connectivity index (χ4v) is 2.55. The molecule has 1 aliphatic rings. The first-order chi connectivity index (χ1) is 8.63. The molecule has 1 heterocycles. The fourth-order valence-electron chi connectivity index (χ4n) is 2.55. The first-order valence-corrected chi connectivity index (χ1v) is 6.71. The van der Waals surface area contributed by atoms with Gasteiger partial charge in [0.15, 0.2) is 0 Å². The van der Waals surface area contributed by atoms with E-state index >= 15 is 0 Å². The molecule has 3 nitrogen and oxygen atoms in total. The molecule has 0 saturated carbocycles. The van der Waals surface area contributed by atoms with Crippen LogP contribution in [0.5, 0.6) is 5.75 Å². The molecule has 1 aromatic carbocycles. The predicted molar refractivity (Wildman–Crippen MR) is 71.8 cm³/mol. The number of benzene rings is 1. The Morgan fingerprint density at radius 1 is 1.39 bits per heavy atom. The van der Waals surface area contributed by atoms with Crippen molar-refractivity contribution in [3.05, 3.63) is 29.3 Å². The van der Waals surface area contributed by atoms with Crippen LogP contribution in [0.1, 0.15) is 42.1 Å². The monoisotopic (exact) mass is 247 g/mol. The molecule has 1 N–H and O–H groups in total. The van der Waals surface area contributed by atoms with Crippen molar-refractivity contribution < 1.29 is 9.90 Å². The van der Waals surface area contributed by atoms with Gasteiger partial charge < -0.3 is 10.0 Å². The number of para-hydroxylation sites is 1. The van der Waals surface area contributed by atoms with E-state index in [-0.39, 0.29) is 11.7 Å². The van der Waals surface area contributed by atoms with Crippen molar-refractivity contribution in [3.63, 3.8) is 0 Å². The molecule has 0 spiro atoms. The van der Waals surface area contributed by atoms with Gasteiger partial charge in [0.1, 0.15) is 5.75 Å². The lowest BCUT2D eigenvalue weighted by Crippen LogP contribution is -2.38. The van der Waals surface area contributed by atoms with Gasteiger partial charge in [-0.2, -0.15) is 0 Å². The molecular weight excluding hydrogens is 226 g/mol. The van der Waals surface area contributed by atoms with E-state index in [4.69, 9.17) is 0 Å². The molecule has 18 heavy (non-hydrogen) atoms. The number of hydrogen-bond donors (Lipinski definition) is 1. The van der Waals surface area contributed by atoms with Crippen LogP contribution < -0.4 is 0 Å². The van der Waals surface area contributed by atoms with Crippen molar-refractivity contribution in [3.8, 4) is 5.75 Å². The number of hydrogen-bond acceptors (Lipinski definition) is 2. The maximum Gasteiger partial charge on any atom is 0.257 e. The summed E-state index contributed by atoms with van der Waals surface area (Å²) in [5, 5.41) is 9.95. The Morgan fingerprint density at radius 3 is 2.67 bits per heavy atom. The average molecular weight is 247 g/mol. The molecule has 0 aliphatic carbocycles. The number of phenols is 1. The highest BCUT2D eigenvalue weighted by Crippen LogP contribution is 2.26. The minimum atomic E-state index is -0.0363. The van der Waals surface area contributed by atoms with E-state index in [1.165, 1.54) is 6.42 Å². The number of nitrogens with zero attached hydrogens (tertiary/aromatic N) is 1. The third-order valence-corrected chi connectivity index (χ3v) is 3.95. The summed E-state index contributed by atoms with van der Waals surface area (Å²) in [7, 11) is 0. The first kappa shape index (κ1) is 12.9. The number of rotatable bonds is 2. The molecule has 1 aliphatic heterocycles. The molecule has 1 aromatic rings. The molecule has 1 amide bonds. The van der Waals surface area contributed by atoms with Gasteiger partial charge >= 0.3 is 0 Å². The standard InChI is InChI=1S/C15H21NO2/c1-3-12-7-9-16(10-8-12)15(18)13-6-4-5-11(2)14(13)17/h4-6,12,17H,3,7-10H2,1-2H3. The first-order valence-electron chi connectivity index (χ1n) is 6.71. The van der Waals surface area contributed by atoms with Crippen molar-refractivity contribution in [1.29, 1.82) is 0 Å². The van der Waals surface area contributed by atoms with Crippen LogP contribution >= 0.6 is 0 Å². The number of aryl methyl sites for hydroxylation is 1. The lowest BCUT2D eigenvalue weighted by atomic mass is 9.94. The number of carbonyl (C=O) groups excluding carboxylic acids is 1. The van der Waals surface area contributed by atoms with Crippen LogP contribution in [0.25, 0.3) is 0 Å². The molecule has 1 saturated heterocycles. The highest BCUT2D eigenvalue weighted by molar-refractivity contribution is 5.97. The van der Waals surface area contributed by atoms with Crippen LogP contribution in [0.4, 0.5) is 0 Å². The summed E-state index contributed by atoms with van der Waals surface area (Å²) in [5.41, 5.74) is 1.19. The van der Waals surface area contributed by atoms with Gasteiger partial charge in [-0.15, -0.1) is 0 Å². The molecule has 0 radical (unpaired) electrons. The topological polar surface area (TPSA) is 40.5 Å². The Hall–Kier alpha value is -1.51. The Labute approximate surface area is 108 Å². The van der Waals surface area contributed by atoms with Crippen molar-refractivity contribution >= 4 is 5.91 Å². The predicted octanol–water partition coefficient (Wildman–Crippen LogP) is 2.96. The Kier molecular flexibility index (Phi) is 3.90. The second kappa shape index (κ2) is 5.42. The maximum atomic E-state index is 12.3. The van der Waals surface area contributed by atoms with E-state index in [2.05, 4.69) is 6.92 Å². The molecule has 1 fully saturated rings. The molecule has 3 heteroatoms. The van der Waals surface area contributed by atoms with Gasteiger partial charge in [-0.1, -0.05) is 25.5 Å². The minimum absolute atomic E-state index is 0.0363. The molecule has 0 unspecified atom stereocenters. The highest BCUT2D eigenvalue weighted by atomic mass is 16.3. The van der Waals surface area contributed by atoms with Gasteiger partial charge in [0.2, 0.25) is 0 Å². The van der Waals surface area contributed by atoms with E-state index in [0.29, 0.717) is 5.56 Å². The second-order valence-electron chi connectivity index (χ2n) is 5.11. The summed E-state index contributed by atoms with van der Waals surface area (Å²) < 4.78 is 0. The van der Waals surface area contributed by atoms with Gasteiger partial charge in [-0.3, -0.25) is 4.79 Å². The van der Waals surface area contributed by atoms with Crippen molar-refractivity contribution in [2.45, 2.75) is 33.1 Å². The fraction of sp³-hybridized carbons (Fsp3) is 0.533. The van der Waals surface area contributed by atoms with Crippen molar-refractivity contribution in [1.82, 2.24) is 4.90 Å². The third-order valence-electron chi connectivity index (χ3n) is 3.95. The number of likely N-dealkylation sites (tertiary alicyclic amines) is 1. The van der Waals surface area contributed by atoms with Crippen molar-refractivity contribution in [2.75, 3.05) is 13.1 Å². The average Bonchev–Trinajstić information content (AvgIpc) is 2.41. The van der Waals surface area contributed by atoms with Gasteiger partial charge in [-0.25, -0.2) is 0 Å². The second-order valence-corrected chi connectivity index (χ2v) is 5.11. The van der Waals surface area contributed by atoms with Gasteiger partial charge in [0, 0.05) is 13.1 Å². The summed E-state index contributed by atoms with van der Waals surface area (Å²) >= 11 is 0. The number of aromatic hydroxyl groups is 1. The number of phenolic OH excluding ortho intramolecular Hbond substituents is 1. The number of piperidine rings is 1. The molecule has 98 valence electrons. The molecule has 0 atom stereocenters. The quantitative estimate of drug-likeness (QED) is 0.872. The number of amides is 1. The third kappa shape index (κ3) is 2.50. The molecule has 0 bridgehead atoms.